The predicted octanol–water partition coefficient (Wildman–Crippen LogP) is 2.89. The zero-order valence-electron chi connectivity index (χ0n) is 5.72. The van der Waals surface area contributed by atoms with Gasteiger partial charge in [-0.3, -0.25) is 0 Å². The van der Waals surface area contributed by atoms with Crippen LogP contribution in [0.4, 0.5) is 8.78 Å². The van der Waals surface area contributed by atoms with Crippen molar-refractivity contribution in [3.63, 3.8) is 0 Å². The number of hydrogen-bond donors (Lipinski definition) is 0. The fourth-order valence-corrected chi connectivity index (χ4v) is 0.842. The van der Waals surface area contributed by atoms with Crippen molar-refractivity contribution < 1.29 is 8.78 Å². The van der Waals surface area contributed by atoms with E-state index < -0.39 is 11.3 Å². The summed E-state index contributed by atoms with van der Waals surface area (Å²) in [5, 5.41) is 0. The average molecular weight is 213 g/mol. The van der Waals surface area contributed by atoms with Gasteiger partial charge in [0.15, 0.2) is 5.82 Å². The molecule has 0 aliphatic carbocycles. The molecule has 0 aliphatic heterocycles. The molecule has 1 aromatic heterocycles. The summed E-state index contributed by atoms with van der Waals surface area (Å²) < 4.78 is 24.7. The quantitative estimate of drug-likeness (QED) is 0.705. The molecule has 6 heteroatoms. The number of aromatic nitrogens is 2. The number of halogens is 4. The minimum Gasteiger partial charge on any atom is -0.237 e. The molecule has 0 aromatic carbocycles. The second-order valence-electron chi connectivity index (χ2n) is 1.94. The van der Waals surface area contributed by atoms with E-state index in [1.807, 2.05) is 0 Å². The molecule has 0 radical (unpaired) electrons. The maximum atomic E-state index is 12.4. The van der Waals surface area contributed by atoms with Crippen LogP contribution in [0.5, 0.6) is 0 Å². The van der Waals surface area contributed by atoms with E-state index in [9.17, 15) is 8.78 Å². The summed E-state index contributed by atoms with van der Waals surface area (Å²) in [6.07, 6.45) is 1.20. The highest BCUT2D eigenvalue weighted by Crippen LogP contribution is 2.22. The van der Waals surface area contributed by atoms with E-state index >= 15 is 0 Å². The number of alkyl halides is 4. The van der Waals surface area contributed by atoms with Crippen LogP contribution in [0.2, 0.25) is 0 Å². The summed E-state index contributed by atoms with van der Waals surface area (Å²) in [5.41, 5.74) is -3.69. The number of nitrogens with zero attached hydrogens (tertiary/aromatic N) is 2. The van der Waals surface area contributed by atoms with Crippen LogP contribution in [0.1, 0.15) is 22.8 Å². The van der Waals surface area contributed by atoms with Crippen LogP contribution in [0.3, 0.4) is 0 Å². The Balaban J connectivity index is 2.96. The molecule has 0 fully saturated rings. The van der Waals surface area contributed by atoms with E-state index in [-0.39, 0.29) is 11.5 Å². The van der Waals surface area contributed by atoms with Gasteiger partial charge in [-0.1, -0.05) is 23.2 Å². The summed E-state index contributed by atoms with van der Waals surface area (Å²) in [4.78, 5) is 6.92. The molecule has 0 bridgehead atoms. The Morgan fingerprint density at radius 1 is 1.25 bits per heavy atom. The normalized spacial score (nSPS) is 15.7. The summed E-state index contributed by atoms with van der Waals surface area (Å²) in [7, 11) is 0. The van der Waals surface area contributed by atoms with Crippen LogP contribution >= 0.6 is 23.2 Å². The third kappa shape index (κ3) is 2.25. The molecule has 1 rings (SSSR count). The second kappa shape index (κ2) is 3.96. The van der Waals surface area contributed by atoms with Gasteiger partial charge >= 0.3 is 0 Å². The Hall–Kier alpha value is -0.480. The van der Waals surface area contributed by atoms with Crippen LogP contribution in [0.15, 0.2) is 12.3 Å². The Morgan fingerprint density at radius 2 is 1.92 bits per heavy atom. The lowest BCUT2D eigenvalue weighted by molar-refractivity contribution is 0.424. The zero-order valence-corrected chi connectivity index (χ0v) is 7.23. The zero-order chi connectivity index (χ0) is 9.14. The average Bonchev–Trinajstić information content (AvgIpc) is 2.04. The fourth-order valence-electron chi connectivity index (χ4n) is 0.615. The first kappa shape index (κ1) is 9.61. The molecule has 2 nitrogen and oxygen atoms in total. The predicted molar refractivity (Wildman–Crippen MR) is 41.4 cm³/mol. The lowest BCUT2D eigenvalue weighted by Crippen LogP contribution is -1.98. The first-order valence-corrected chi connectivity index (χ1v) is 3.87. The van der Waals surface area contributed by atoms with Gasteiger partial charge in [-0.05, 0) is 6.07 Å². The third-order valence-corrected chi connectivity index (χ3v) is 1.53. The first-order chi connectivity index (χ1) is 5.61. The van der Waals surface area contributed by atoms with E-state index in [0.29, 0.717) is 0 Å². The van der Waals surface area contributed by atoms with Gasteiger partial charge in [-0.15, -0.1) is 0 Å². The van der Waals surface area contributed by atoms with E-state index in [4.69, 9.17) is 23.2 Å². The molecule has 0 amide bonds. The van der Waals surface area contributed by atoms with Crippen molar-refractivity contribution in [1.82, 2.24) is 9.97 Å². The molecule has 1 heterocycles. The lowest BCUT2D eigenvalue weighted by atomic mass is 10.4. The van der Waals surface area contributed by atoms with Gasteiger partial charge in [-0.2, -0.15) is 0 Å². The summed E-state index contributed by atoms with van der Waals surface area (Å²) >= 11 is 10.1. The maximum absolute atomic E-state index is 12.4. The fraction of sp³-hybridized carbons (Fsp3) is 0.333. The maximum Gasteiger partial charge on any atom is 0.232 e. The lowest BCUT2D eigenvalue weighted by Gasteiger charge is -2.01. The Labute approximate surface area is 77.5 Å². The van der Waals surface area contributed by atoms with Crippen LogP contribution < -0.4 is 0 Å². The number of hydrogen-bond acceptors (Lipinski definition) is 2. The van der Waals surface area contributed by atoms with Gasteiger partial charge in [0.25, 0.3) is 0 Å². The van der Waals surface area contributed by atoms with Crippen molar-refractivity contribution >= 4 is 23.2 Å². The van der Waals surface area contributed by atoms with Crippen molar-refractivity contribution in [3.8, 4) is 0 Å². The first-order valence-electron chi connectivity index (χ1n) is 3.00. The third-order valence-electron chi connectivity index (χ3n) is 1.11. The smallest absolute Gasteiger partial charge is 0.232 e. The second-order valence-corrected chi connectivity index (χ2v) is 2.71. The molecule has 0 spiro atoms. The Bertz CT molecular complexity index is 244. The van der Waals surface area contributed by atoms with Crippen LogP contribution in [0, 0.1) is 0 Å². The van der Waals surface area contributed by atoms with Crippen molar-refractivity contribution in [1.29, 1.82) is 0 Å². The number of rotatable bonds is 2. The Morgan fingerprint density at radius 3 is 2.42 bits per heavy atom. The molecular weight excluding hydrogens is 209 g/mol. The molecule has 2 atom stereocenters. The van der Waals surface area contributed by atoms with Crippen molar-refractivity contribution in [2.45, 2.75) is 11.3 Å². The van der Waals surface area contributed by atoms with Gasteiger partial charge < -0.3 is 0 Å². The van der Waals surface area contributed by atoms with Gasteiger partial charge in [0.2, 0.25) is 11.3 Å². The highest BCUT2D eigenvalue weighted by molar-refractivity contribution is 6.20. The van der Waals surface area contributed by atoms with Crippen LogP contribution in [-0.4, -0.2) is 9.97 Å². The van der Waals surface area contributed by atoms with Gasteiger partial charge in [0, 0.05) is 6.20 Å². The molecule has 0 N–H and O–H groups in total. The van der Waals surface area contributed by atoms with Gasteiger partial charge in [0.05, 0.1) is 5.69 Å². The van der Waals surface area contributed by atoms with Crippen LogP contribution in [0.25, 0.3) is 0 Å². The van der Waals surface area contributed by atoms with E-state index in [2.05, 4.69) is 9.97 Å². The minimum atomic E-state index is -1.83. The van der Waals surface area contributed by atoms with Crippen molar-refractivity contribution in [3.05, 3.63) is 23.8 Å². The van der Waals surface area contributed by atoms with Crippen LogP contribution in [-0.2, 0) is 0 Å². The molecule has 0 saturated heterocycles. The molecule has 12 heavy (non-hydrogen) atoms. The topological polar surface area (TPSA) is 25.8 Å². The summed E-state index contributed by atoms with van der Waals surface area (Å²) in [6.45, 7) is 0. The van der Waals surface area contributed by atoms with Gasteiger partial charge in [-0.25, -0.2) is 18.7 Å². The van der Waals surface area contributed by atoms with Crippen molar-refractivity contribution in [2.75, 3.05) is 0 Å². The van der Waals surface area contributed by atoms with Crippen molar-refractivity contribution in [2.24, 2.45) is 0 Å². The minimum absolute atomic E-state index is 0.0926. The molecule has 0 aliphatic rings. The Kier molecular flexibility index (Phi) is 3.17. The summed E-state index contributed by atoms with van der Waals surface area (Å²) in [5.74, 6) is -0.280. The van der Waals surface area contributed by atoms with E-state index in [1.165, 1.54) is 12.3 Å². The molecule has 0 saturated carbocycles. The molecular formula is C6H4Cl2F2N2. The standard InChI is InChI=1S/C6H4Cl2F2N2/c7-4(9)3-1-2-11-6(12-3)5(8)10/h1-2,4-5H. The molecule has 66 valence electrons. The van der Waals surface area contributed by atoms with Gasteiger partial charge in [0.1, 0.15) is 0 Å². The highest BCUT2D eigenvalue weighted by atomic mass is 35.5. The SMILES string of the molecule is FC(Cl)c1ccnc(C(F)Cl)n1. The molecule has 1 aromatic rings. The largest absolute Gasteiger partial charge is 0.237 e. The monoisotopic (exact) mass is 212 g/mol. The highest BCUT2D eigenvalue weighted by Gasteiger charge is 2.12. The van der Waals surface area contributed by atoms with E-state index in [1.54, 1.807) is 0 Å². The molecule has 2 unspecified atom stereocenters. The van der Waals surface area contributed by atoms with E-state index in [0.717, 1.165) is 0 Å². The summed E-state index contributed by atoms with van der Waals surface area (Å²) in [6, 6.07) is 1.25.